The lowest BCUT2D eigenvalue weighted by atomic mass is 9.62. The summed E-state index contributed by atoms with van der Waals surface area (Å²) >= 11 is 6.31. The molecule has 0 saturated heterocycles. The molecular weight excluding hydrogens is 560 g/mol. The molecule has 9 heteroatoms. The Balaban J connectivity index is 1.56. The molecular formula is C32H41ClN2O5S. The van der Waals surface area contributed by atoms with Gasteiger partial charge in [0, 0.05) is 23.7 Å². The minimum atomic E-state index is -3.98. The zero-order valence-corrected chi connectivity index (χ0v) is 25.7. The molecule has 41 heavy (non-hydrogen) atoms. The summed E-state index contributed by atoms with van der Waals surface area (Å²) in [5, 5.41) is 11.8. The van der Waals surface area contributed by atoms with Gasteiger partial charge in [-0.25, -0.2) is 13.1 Å². The van der Waals surface area contributed by atoms with E-state index in [0.717, 1.165) is 50.0 Å². The van der Waals surface area contributed by atoms with Crippen molar-refractivity contribution >= 4 is 33.2 Å². The largest absolute Gasteiger partial charge is 0.487 e. The number of aliphatic hydroxyl groups excluding tert-OH is 1. The number of carbonyl (C=O) groups excluding carboxylic acids is 1. The molecule has 7 nitrogen and oxygen atoms in total. The van der Waals surface area contributed by atoms with E-state index in [1.807, 2.05) is 24.3 Å². The number of hydrogen-bond donors (Lipinski definition) is 2. The van der Waals surface area contributed by atoms with Crippen molar-refractivity contribution in [2.45, 2.75) is 76.8 Å². The smallest absolute Gasteiger partial charge is 0.264 e. The van der Waals surface area contributed by atoms with Crippen LogP contribution in [0.5, 0.6) is 5.75 Å². The number of sulfonamides is 1. The summed E-state index contributed by atoms with van der Waals surface area (Å²) in [7, 11) is -3.98. The van der Waals surface area contributed by atoms with Gasteiger partial charge in [-0.3, -0.25) is 4.79 Å². The van der Waals surface area contributed by atoms with E-state index in [9.17, 15) is 18.3 Å². The van der Waals surface area contributed by atoms with Gasteiger partial charge >= 0.3 is 0 Å². The van der Waals surface area contributed by atoms with Crippen molar-refractivity contribution in [2.24, 2.45) is 17.8 Å². The van der Waals surface area contributed by atoms with E-state index in [-0.39, 0.29) is 23.8 Å². The van der Waals surface area contributed by atoms with Crippen LogP contribution in [0.2, 0.25) is 5.02 Å². The Morgan fingerprint density at radius 2 is 1.88 bits per heavy atom. The molecule has 3 aliphatic rings. The van der Waals surface area contributed by atoms with Crippen molar-refractivity contribution in [3.05, 3.63) is 70.3 Å². The Morgan fingerprint density at radius 1 is 1.07 bits per heavy atom. The number of fused-ring (bicyclic) bond motifs is 3. The molecule has 5 rings (SSSR count). The van der Waals surface area contributed by atoms with Crippen LogP contribution in [0.15, 0.2) is 48.6 Å². The number of allylic oxidation sites excluding steroid dienone is 1. The van der Waals surface area contributed by atoms with Crippen molar-refractivity contribution in [3.8, 4) is 5.75 Å². The van der Waals surface area contributed by atoms with Crippen LogP contribution >= 0.6 is 11.6 Å². The van der Waals surface area contributed by atoms with Gasteiger partial charge in [0.05, 0.1) is 16.5 Å². The number of nitrogens with zero attached hydrogens (tertiary/aromatic N) is 1. The van der Waals surface area contributed by atoms with Crippen molar-refractivity contribution in [1.82, 2.24) is 4.72 Å². The molecule has 4 atom stereocenters. The first-order chi connectivity index (χ1) is 19.4. The van der Waals surface area contributed by atoms with Crippen LogP contribution < -0.4 is 14.4 Å². The van der Waals surface area contributed by atoms with Gasteiger partial charge in [0.15, 0.2) is 0 Å². The minimum absolute atomic E-state index is 0.153. The van der Waals surface area contributed by atoms with Crippen LogP contribution in [-0.2, 0) is 23.1 Å². The monoisotopic (exact) mass is 600 g/mol. The second kappa shape index (κ2) is 12.0. The van der Waals surface area contributed by atoms with Gasteiger partial charge in [-0.2, -0.15) is 0 Å². The number of aryl methyl sites for hydroxylation is 1. The van der Waals surface area contributed by atoms with Crippen LogP contribution in [0.4, 0.5) is 5.69 Å². The summed E-state index contributed by atoms with van der Waals surface area (Å²) in [6, 6.07) is 11.0. The van der Waals surface area contributed by atoms with Crippen molar-refractivity contribution in [3.63, 3.8) is 0 Å². The topological polar surface area (TPSA) is 95.9 Å². The Morgan fingerprint density at radius 3 is 2.66 bits per heavy atom. The number of carbonyl (C=O) groups is 1. The van der Waals surface area contributed by atoms with Gasteiger partial charge in [0.25, 0.3) is 5.91 Å². The maximum absolute atomic E-state index is 13.3. The average molecular weight is 601 g/mol. The van der Waals surface area contributed by atoms with Gasteiger partial charge in [-0.15, -0.1) is 0 Å². The van der Waals surface area contributed by atoms with E-state index in [1.165, 1.54) is 5.56 Å². The average Bonchev–Trinajstić information content (AvgIpc) is 2.94. The summed E-state index contributed by atoms with van der Waals surface area (Å²) in [5.41, 5.74) is 3.28. The van der Waals surface area contributed by atoms with Crippen molar-refractivity contribution in [1.29, 1.82) is 0 Å². The standard InChI is InChI=1S/C32H41ClN2O5S/c1-21-16-26-27(21)19-35-15-7-5-8-22-17-25(33)12-10-24(22)20-40-30-13-11-23(18-28(30)35)31(37)34-41(38,39)32(2,3)14-6-4-9-29(26)36/h4,6,10-13,17-18,21,26-27,29,36H,5,7-9,14-16,19-20H2,1-3H3,(H,34,37)/b6-4+/t21-,26-,27-,29+/m1/s1. The number of anilines is 1. The molecule has 0 spiro atoms. The number of aliphatic hydroxyl groups is 1. The van der Waals surface area contributed by atoms with Crippen LogP contribution in [0.25, 0.3) is 0 Å². The molecule has 222 valence electrons. The molecule has 0 unspecified atom stereocenters. The third-order valence-corrected chi connectivity index (χ3v) is 11.5. The Bertz CT molecular complexity index is 1420. The number of rotatable bonds is 0. The first-order valence-corrected chi connectivity index (χ1v) is 16.5. The molecule has 2 aromatic rings. The number of nitrogens with one attached hydrogen (secondary N) is 1. The van der Waals surface area contributed by atoms with Crippen LogP contribution in [0.3, 0.4) is 0 Å². The van der Waals surface area contributed by atoms with Gasteiger partial charge in [-0.05, 0) is 112 Å². The normalized spacial score (nSPS) is 28.9. The van der Waals surface area contributed by atoms with E-state index >= 15 is 0 Å². The number of benzene rings is 2. The minimum Gasteiger partial charge on any atom is -0.487 e. The van der Waals surface area contributed by atoms with Crippen molar-refractivity contribution < 1.29 is 23.1 Å². The van der Waals surface area contributed by atoms with E-state index in [0.29, 0.717) is 29.7 Å². The third-order valence-electron chi connectivity index (χ3n) is 9.20. The summed E-state index contributed by atoms with van der Waals surface area (Å²) < 4.78 is 33.9. The maximum atomic E-state index is 13.3. The molecule has 1 fully saturated rings. The lowest BCUT2D eigenvalue weighted by Gasteiger charge is -2.48. The molecule has 1 aliphatic carbocycles. The summed E-state index contributed by atoms with van der Waals surface area (Å²) in [6.07, 6.45) is 7.61. The zero-order chi connectivity index (χ0) is 29.4. The molecule has 2 bridgehead atoms. The zero-order valence-electron chi connectivity index (χ0n) is 24.1. The van der Waals surface area contributed by atoms with E-state index in [4.69, 9.17) is 16.3 Å². The lowest BCUT2D eigenvalue weighted by Crippen LogP contribution is -2.48. The van der Waals surface area contributed by atoms with E-state index in [2.05, 4.69) is 16.5 Å². The lowest BCUT2D eigenvalue weighted by molar-refractivity contribution is -0.0220. The second-order valence-electron chi connectivity index (χ2n) is 12.5. The van der Waals surface area contributed by atoms with Crippen molar-refractivity contribution in [2.75, 3.05) is 18.0 Å². The van der Waals surface area contributed by atoms with Gasteiger partial charge in [0.1, 0.15) is 12.4 Å². The Hall–Kier alpha value is -2.55. The molecule has 0 radical (unpaired) electrons. The Kier molecular flexibility index (Phi) is 8.74. The number of halogens is 1. The molecule has 2 aliphatic heterocycles. The first-order valence-electron chi connectivity index (χ1n) is 14.6. The molecule has 2 heterocycles. The van der Waals surface area contributed by atoms with Crippen LogP contribution in [-0.4, -0.2) is 43.4 Å². The summed E-state index contributed by atoms with van der Waals surface area (Å²) in [4.78, 5) is 15.6. The van der Waals surface area contributed by atoms with E-state index in [1.54, 1.807) is 38.1 Å². The predicted molar refractivity (Wildman–Crippen MR) is 163 cm³/mol. The molecule has 1 amide bonds. The number of ether oxygens (including phenoxy) is 1. The van der Waals surface area contributed by atoms with E-state index < -0.39 is 26.8 Å². The quantitative estimate of drug-likeness (QED) is 0.367. The highest BCUT2D eigenvalue weighted by molar-refractivity contribution is 7.91. The highest BCUT2D eigenvalue weighted by atomic mass is 35.5. The van der Waals surface area contributed by atoms with Gasteiger partial charge in [0.2, 0.25) is 10.0 Å². The van der Waals surface area contributed by atoms with Crippen LogP contribution in [0.1, 0.15) is 74.4 Å². The second-order valence-corrected chi connectivity index (χ2v) is 15.3. The summed E-state index contributed by atoms with van der Waals surface area (Å²) in [6.45, 7) is 7.27. The molecule has 2 N–H and O–H groups in total. The fourth-order valence-corrected chi connectivity index (χ4v) is 7.45. The highest BCUT2D eigenvalue weighted by Crippen LogP contribution is 2.45. The molecule has 2 aromatic carbocycles. The maximum Gasteiger partial charge on any atom is 0.264 e. The fraction of sp³-hybridized carbons (Fsp3) is 0.531. The molecule has 0 aromatic heterocycles. The summed E-state index contributed by atoms with van der Waals surface area (Å²) in [5.74, 6) is 0.883. The van der Waals surface area contributed by atoms with Gasteiger partial charge in [-0.1, -0.05) is 36.7 Å². The third kappa shape index (κ3) is 6.45. The molecule has 1 saturated carbocycles. The van der Waals surface area contributed by atoms with Gasteiger partial charge < -0.3 is 14.7 Å². The SMILES string of the molecule is C[C@@H]1C[C@@H]2[C@@H]1CN1CCCCc3cc(Cl)ccc3COc3ccc(cc31)C(=O)NS(=O)(=O)C(C)(C)C/C=C/C[C@@H]2O. The fourth-order valence-electron chi connectivity index (χ4n) is 6.30. The number of amides is 1. The Labute approximate surface area is 249 Å². The highest BCUT2D eigenvalue weighted by Gasteiger charge is 2.43. The van der Waals surface area contributed by atoms with Crippen LogP contribution in [0, 0.1) is 17.8 Å². The first kappa shape index (κ1) is 29.9. The predicted octanol–water partition coefficient (Wildman–Crippen LogP) is 5.88. The number of hydrogen-bond acceptors (Lipinski definition) is 6.